The summed E-state index contributed by atoms with van der Waals surface area (Å²) in [5.74, 6) is 0. The second kappa shape index (κ2) is 4.10. The largest absolute Gasteiger partial charge is 0.464 e. The molecule has 16 heavy (non-hydrogen) atoms. The van der Waals surface area contributed by atoms with Crippen LogP contribution in [-0.4, -0.2) is 6.54 Å². The zero-order valence-electron chi connectivity index (χ0n) is 9.54. The van der Waals surface area contributed by atoms with Gasteiger partial charge in [0.2, 0.25) is 0 Å². The molecule has 0 atom stereocenters. The third-order valence-electron chi connectivity index (χ3n) is 2.70. The van der Waals surface area contributed by atoms with E-state index >= 15 is 0 Å². The van der Waals surface area contributed by atoms with Crippen molar-refractivity contribution in [1.29, 1.82) is 0 Å². The highest BCUT2D eigenvalue weighted by atomic mass is 16.3. The number of hydrogen-bond donors (Lipinski definition) is 1. The molecule has 0 unspecified atom stereocenters. The van der Waals surface area contributed by atoms with Crippen molar-refractivity contribution >= 4 is 11.0 Å². The van der Waals surface area contributed by atoms with Crippen molar-refractivity contribution in [3.05, 3.63) is 45.3 Å². The Kier molecular flexibility index (Phi) is 2.79. The predicted molar refractivity (Wildman–Crippen MR) is 64.7 cm³/mol. The average Bonchev–Trinajstić information content (AvgIpc) is 2.21. The highest BCUT2D eigenvalue weighted by Crippen LogP contribution is 2.18. The Morgan fingerprint density at radius 2 is 2.06 bits per heavy atom. The first-order chi connectivity index (χ1) is 7.63. The molecular weight excluding hydrogens is 202 g/mol. The molecule has 0 fully saturated rings. The lowest BCUT2D eigenvalue weighted by atomic mass is 10.0. The lowest BCUT2D eigenvalue weighted by Crippen LogP contribution is -2.14. The van der Waals surface area contributed by atoms with Crippen LogP contribution in [0.15, 0.2) is 27.6 Å². The molecule has 0 aliphatic rings. The lowest BCUT2D eigenvalue weighted by molar-refractivity contribution is 0.591. The van der Waals surface area contributed by atoms with E-state index in [2.05, 4.69) is 0 Å². The van der Waals surface area contributed by atoms with Gasteiger partial charge in [-0.3, -0.25) is 4.79 Å². The molecule has 0 saturated heterocycles. The van der Waals surface area contributed by atoms with E-state index in [0.717, 1.165) is 11.1 Å². The van der Waals surface area contributed by atoms with Crippen LogP contribution in [0.1, 0.15) is 16.7 Å². The number of hydrogen-bond acceptors (Lipinski definition) is 3. The maximum absolute atomic E-state index is 12.1. The smallest absolute Gasteiger partial charge is 0.196 e. The van der Waals surface area contributed by atoms with Gasteiger partial charge in [-0.15, -0.1) is 0 Å². The monoisotopic (exact) mass is 217 g/mol. The van der Waals surface area contributed by atoms with Gasteiger partial charge in [0.05, 0.1) is 11.6 Å². The van der Waals surface area contributed by atoms with Gasteiger partial charge in [-0.05, 0) is 44.0 Å². The fourth-order valence-electron chi connectivity index (χ4n) is 1.99. The number of nitrogens with two attached hydrogens (primary N) is 1. The standard InChI is InChI=1S/C13H15NO2/c1-8-5-9(2)12-11(6-8)16-7-10(3-4-14)13(12)15/h5-7H,3-4,14H2,1-2H3. The minimum Gasteiger partial charge on any atom is -0.464 e. The minimum absolute atomic E-state index is 0.0456. The zero-order valence-corrected chi connectivity index (χ0v) is 9.54. The molecule has 0 radical (unpaired) electrons. The van der Waals surface area contributed by atoms with Crippen molar-refractivity contribution in [2.75, 3.05) is 6.54 Å². The van der Waals surface area contributed by atoms with Crippen LogP contribution in [0, 0.1) is 13.8 Å². The van der Waals surface area contributed by atoms with Gasteiger partial charge in [-0.2, -0.15) is 0 Å². The summed E-state index contributed by atoms with van der Waals surface area (Å²) < 4.78 is 5.48. The Morgan fingerprint density at radius 1 is 1.31 bits per heavy atom. The third-order valence-corrected chi connectivity index (χ3v) is 2.70. The van der Waals surface area contributed by atoms with Crippen LogP contribution in [0.5, 0.6) is 0 Å². The van der Waals surface area contributed by atoms with E-state index in [1.54, 1.807) is 0 Å². The molecular formula is C13H15NO2. The van der Waals surface area contributed by atoms with E-state index in [1.165, 1.54) is 6.26 Å². The van der Waals surface area contributed by atoms with E-state index in [-0.39, 0.29) is 5.43 Å². The molecule has 2 N–H and O–H groups in total. The summed E-state index contributed by atoms with van der Waals surface area (Å²) in [5.41, 5.74) is 8.87. The summed E-state index contributed by atoms with van der Waals surface area (Å²) in [6.45, 7) is 4.37. The maximum atomic E-state index is 12.1. The van der Waals surface area contributed by atoms with Crippen molar-refractivity contribution < 1.29 is 4.42 Å². The molecule has 1 heterocycles. The van der Waals surface area contributed by atoms with Crippen LogP contribution < -0.4 is 11.2 Å². The number of benzene rings is 1. The first kappa shape index (κ1) is 10.9. The molecule has 0 amide bonds. The van der Waals surface area contributed by atoms with Crippen molar-refractivity contribution in [3.63, 3.8) is 0 Å². The Balaban J connectivity index is 2.79. The topological polar surface area (TPSA) is 56.2 Å². The van der Waals surface area contributed by atoms with Gasteiger partial charge in [0.1, 0.15) is 5.58 Å². The van der Waals surface area contributed by atoms with E-state index in [0.29, 0.717) is 29.5 Å². The number of rotatable bonds is 2. The van der Waals surface area contributed by atoms with Crippen LogP contribution in [0.25, 0.3) is 11.0 Å². The first-order valence-corrected chi connectivity index (χ1v) is 5.35. The minimum atomic E-state index is 0.0456. The van der Waals surface area contributed by atoms with Crippen LogP contribution in [-0.2, 0) is 6.42 Å². The van der Waals surface area contributed by atoms with Crippen molar-refractivity contribution in [2.45, 2.75) is 20.3 Å². The molecule has 1 aromatic carbocycles. The molecule has 0 bridgehead atoms. The SMILES string of the molecule is Cc1cc(C)c2c(=O)c(CCN)coc2c1. The first-order valence-electron chi connectivity index (χ1n) is 5.35. The molecule has 2 rings (SSSR count). The van der Waals surface area contributed by atoms with Crippen LogP contribution in [0.2, 0.25) is 0 Å². The highest BCUT2D eigenvalue weighted by Gasteiger charge is 2.09. The quantitative estimate of drug-likeness (QED) is 0.836. The number of fused-ring (bicyclic) bond motifs is 1. The molecule has 84 valence electrons. The lowest BCUT2D eigenvalue weighted by Gasteiger charge is -2.04. The normalized spacial score (nSPS) is 10.9. The molecule has 0 aliphatic heterocycles. The van der Waals surface area contributed by atoms with E-state index in [9.17, 15) is 4.79 Å². The maximum Gasteiger partial charge on any atom is 0.196 e. The third kappa shape index (κ3) is 1.74. The van der Waals surface area contributed by atoms with Crippen LogP contribution in [0.4, 0.5) is 0 Å². The van der Waals surface area contributed by atoms with Gasteiger partial charge < -0.3 is 10.2 Å². The fraction of sp³-hybridized carbons (Fsp3) is 0.308. The molecule has 1 aromatic heterocycles. The molecule has 0 spiro atoms. The molecule has 2 aromatic rings. The van der Waals surface area contributed by atoms with Gasteiger partial charge in [-0.25, -0.2) is 0 Å². The van der Waals surface area contributed by atoms with Crippen molar-refractivity contribution in [3.8, 4) is 0 Å². The van der Waals surface area contributed by atoms with Gasteiger partial charge in [0, 0.05) is 5.56 Å². The second-order valence-corrected chi connectivity index (χ2v) is 4.08. The Labute approximate surface area is 93.9 Å². The van der Waals surface area contributed by atoms with Gasteiger partial charge in [0.25, 0.3) is 0 Å². The summed E-state index contributed by atoms with van der Waals surface area (Å²) in [4.78, 5) is 12.1. The summed E-state index contributed by atoms with van der Waals surface area (Å²) in [5, 5.41) is 0.677. The summed E-state index contributed by atoms with van der Waals surface area (Å²) in [7, 11) is 0. The Morgan fingerprint density at radius 3 is 2.75 bits per heavy atom. The summed E-state index contributed by atoms with van der Waals surface area (Å²) >= 11 is 0. The van der Waals surface area contributed by atoms with Gasteiger partial charge >= 0.3 is 0 Å². The Bertz CT molecular complexity index is 584. The average molecular weight is 217 g/mol. The molecule has 3 nitrogen and oxygen atoms in total. The van der Waals surface area contributed by atoms with E-state index in [4.69, 9.17) is 10.2 Å². The zero-order chi connectivity index (χ0) is 11.7. The van der Waals surface area contributed by atoms with Crippen LogP contribution in [0.3, 0.4) is 0 Å². The van der Waals surface area contributed by atoms with Crippen molar-refractivity contribution in [2.24, 2.45) is 5.73 Å². The van der Waals surface area contributed by atoms with Gasteiger partial charge in [0.15, 0.2) is 5.43 Å². The van der Waals surface area contributed by atoms with Gasteiger partial charge in [-0.1, -0.05) is 6.07 Å². The van der Waals surface area contributed by atoms with Crippen molar-refractivity contribution in [1.82, 2.24) is 0 Å². The molecule has 0 aliphatic carbocycles. The molecule has 0 saturated carbocycles. The Hall–Kier alpha value is -1.61. The number of aryl methyl sites for hydroxylation is 2. The molecule has 3 heteroatoms. The van der Waals surface area contributed by atoms with E-state index < -0.39 is 0 Å². The van der Waals surface area contributed by atoms with E-state index in [1.807, 2.05) is 26.0 Å². The predicted octanol–water partition coefficient (Wildman–Crippen LogP) is 1.91. The highest BCUT2D eigenvalue weighted by molar-refractivity contribution is 5.81. The second-order valence-electron chi connectivity index (χ2n) is 4.08. The summed E-state index contributed by atoms with van der Waals surface area (Å²) in [6.07, 6.45) is 2.09. The summed E-state index contributed by atoms with van der Waals surface area (Å²) in [6, 6.07) is 3.88. The fourth-order valence-corrected chi connectivity index (χ4v) is 1.99. The van der Waals surface area contributed by atoms with Crippen LogP contribution >= 0.6 is 0 Å².